The van der Waals surface area contributed by atoms with E-state index in [1.165, 1.54) is 5.56 Å². The summed E-state index contributed by atoms with van der Waals surface area (Å²) in [6.45, 7) is 2.05. The Bertz CT molecular complexity index is 908. The average Bonchev–Trinajstić information content (AvgIpc) is 2.95. The zero-order valence-electron chi connectivity index (χ0n) is 14.2. The molecular formula is C24H20O. The molecule has 0 saturated carbocycles. The van der Waals surface area contributed by atoms with E-state index in [1.54, 1.807) is 0 Å². The van der Waals surface area contributed by atoms with Gasteiger partial charge in [0.05, 0.1) is 0 Å². The first kappa shape index (κ1) is 15.6. The minimum absolute atomic E-state index is 0.0622. The molecule has 122 valence electrons. The van der Waals surface area contributed by atoms with Gasteiger partial charge in [-0.05, 0) is 22.3 Å². The fourth-order valence-electron chi connectivity index (χ4n) is 3.88. The number of carbonyl (C=O) groups is 1. The van der Waals surface area contributed by atoms with E-state index in [2.05, 4.69) is 43.3 Å². The van der Waals surface area contributed by atoms with Crippen molar-refractivity contribution in [2.45, 2.75) is 12.8 Å². The number of rotatable bonds is 3. The molecule has 3 aromatic carbocycles. The van der Waals surface area contributed by atoms with Gasteiger partial charge in [-0.1, -0.05) is 97.9 Å². The third-order valence-corrected chi connectivity index (χ3v) is 5.05. The minimum Gasteiger partial charge on any atom is -0.294 e. The predicted octanol–water partition coefficient (Wildman–Crippen LogP) is 5.60. The quantitative estimate of drug-likeness (QED) is 0.613. The van der Waals surface area contributed by atoms with Crippen molar-refractivity contribution >= 4 is 16.9 Å². The van der Waals surface area contributed by atoms with Gasteiger partial charge >= 0.3 is 0 Å². The molecule has 0 radical (unpaired) electrons. The first-order chi connectivity index (χ1) is 12.3. The second kappa shape index (κ2) is 6.52. The number of hydrogen-bond donors (Lipinski definition) is 0. The summed E-state index contributed by atoms with van der Waals surface area (Å²) in [5.41, 5.74) is 5.36. The highest BCUT2D eigenvalue weighted by atomic mass is 16.1. The molecule has 25 heavy (non-hydrogen) atoms. The Morgan fingerprint density at radius 1 is 0.640 bits per heavy atom. The molecule has 0 unspecified atom stereocenters. The van der Waals surface area contributed by atoms with Crippen molar-refractivity contribution in [1.29, 1.82) is 0 Å². The van der Waals surface area contributed by atoms with Crippen LogP contribution >= 0.6 is 0 Å². The van der Waals surface area contributed by atoms with Crippen LogP contribution in [0, 0.1) is 5.92 Å². The molecule has 1 aliphatic rings. The van der Waals surface area contributed by atoms with E-state index >= 15 is 0 Å². The van der Waals surface area contributed by atoms with Gasteiger partial charge in [0.25, 0.3) is 0 Å². The lowest BCUT2D eigenvalue weighted by Gasteiger charge is -2.20. The van der Waals surface area contributed by atoms with Gasteiger partial charge in [0.2, 0.25) is 0 Å². The van der Waals surface area contributed by atoms with Crippen molar-refractivity contribution in [3.8, 4) is 0 Å². The van der Waals surface area contributed by atoms with Crippen molar-refractivity contribution in [1.82, 2.24) is 0 Å². The Hall–Kier alpha value is -2.93. The highest BCUT2D eigenvalue weighted by Gasteiger charge is 2.40. The smallest absolute Gasteiger partial charge is 0.167 e. The van der Waals surface area contributed by atoms with E-state index < -0.39 is 0 Å². The van der Waals surface area contributed by atoms with Gasteiger partial charge in [0.1, 0.15) is 0 Å². The van der Waals surface area contributed by atoms with Crippen molar-refractivity contribution in [3.63, 3.8) is 0 Å². The first-order valence-electron chi connectivity index (χ1n) is 8.71. The Balaban J connectivity index is 1.99. The molecule has 1 aliphatic carbocycles. The average molecular weight is 324 g/mol. The summed E-state index contributed by atoms with van der Waals surface area (Å²) in [6, 6.07) is 30.8. The lowest BCUT2D eigenvalue weighted by Crippen LogP contribution is -2.12. The zero-order chi connectivity index (χ0) is 17.2. The number of benzene rings is 3. The molecule has 1 nitrogen and oxygen atoms in total. The molecule has 0 heterocycles. The zero-order valence-corrected chi connectivity index (χ0v) is 14.2. The van der Waals surface area contributed by atoms with Crippen LogP contribution in [-0.2, 0) is 4.79 Å². The Morgan fingerprint density at radius 2 is 1.12 bits per heavy atom. The topological polar surface area (TPSA) is 17.1 Å². The van der Waals surface area contributed by atoms with Crippen molar-refractivity contribution in [3.05, 3.63) is 108 Å². The van der Waals surface area contributed by atoms with E-state index in [1.807, 2.05) is 54.6 Å². The molecule has 0 aliphatic heterocycles. The molecule has 0 fully saturated rings. The van der Waals surface area contributed by atoms with E-state index in [0.29, 0.717) is 0 Å². The summed E-state index contributed by atoms with van der Waals surface area (Å²) in [7, 11) is 0. The van der Waals surface area contributed by atoms with Gasteiger partial charge in [-0.15, -0.1) is 0 Å². The number of ketones is 1. The van der Waals surface area contributed by atoms with E-state index in [-0.39, 0.29) is 17.6 Å². The predicted molar refractivity (Wildman–Crippen MR) is 103 cm³/mol. The number of Topliss-reactive ketones (excluding diaryl/α,β-unsaturated/α-hetero) is 1. The second-order valence-electron chi connectivity index (χ2n) is 6.56. The summed E-state index contributed by atoms with van der Waals surface area (Å²) in [5.74, 6) is 0.262. The van der Waals surface area contributed by atoms with Crippen LogP contribution < -0.4 is 0 Å². The molecule has 3 aromatic rings. The lowest BCUT2D eigenvalue weighted by molar-refractivity contribution is -0.116. The summed E-state index contributed by atoms with van der Waals surface area (Å²) in [4.78, 5) is 13.2. The molecule has 2 atom stereocenters. The SMILES string of the molecule is C[C@H]1C(=O)C(c2ccccc2)=C(c2ccccc2)[C@H]1c1ccccc1. The van der Waals surface area contributed by atoms with Crippen LogP contribution in [-0.4, -0.2) is 5.78 Å². The monoisotopic (exact) mass is 324 g/mol. The summed E-state index contributed by atoms with van der Waals surface area (Å²) in [5, 5.41) is 0. The first-order valence-corrected chi connectivity index (χ1v) is 8.71. The van der Waals surface area contributed by atoms with Crippen LogP contribution in [0.2, 0.25) is 0 Å². The third kappa shape index (κ3) is 2.72. The maximum Gasteiger partial charge on any atom is 0.167 e. The lowest BCUT2D eigenvalue weighted by atomic mass is 9.83. The van der Waals surface area contributed by atoms with E-state index in [0.717, 1.165) is 22.3 Å². The molecular weight excluding hydrogens is 304 g/mol. The summed E-state index contributed by atoms with van der Waals surface area (Å²) in [6.07, 6.45) is 0. The number of hydrogen-bond acceptors (Lipinski definition) is 1. The Morgan fingerprint density at radius 3 is 1.68 bits per heavy atom. The fourth-order valence-corrected chi connectivity index (χ4v) is 3.88. The van der Waals surface area contributed by atoms with Crippen LogP contribution in [0.25, 0.3) is 11.1 Å². The van der Waals surface area contributed by atoms with E-state index in [4.69, 9.17) is 0 Å². The molecule has 4 rings (SSSR count). The van der Waals surface area contributed by atoms with Gasteiger partial charge in [0.15, 0.2) is 5.78 Å². The molecule has 0 bridgehead atoms. The van der Waals surface area contributed by atoms with Crippen LogP contribution in [0.15, 0.2) is 91.0 Å². The summed E-state index contributed by atoms with van der Waals surface area (Å²) >= 11 is 0. The fraction of sp³-hybridized carbons (Fsp3) is 0.125. The van der Waals surface area contributed by atoms with Gasteiger partial charge in [-0.2, -0.15) is 0 Å². The maximum atomic E-state index is 13.2. The van der Waals surface area contributed by atoms with Crippen LogP contribution in [0.5, 0.6) is 0 Å². The van der Waals surface area contributed by atoms with Crippen LogP contribution in [0.1, 0.15) is 29.5 Å². The maximum absolute atomic E-state index is 13.2. The number of carbonyl (C=O) groups excluding carboxylic acids is 1. The normalized spacial score (nSPS) is 20.1. The van der Waals surface area contributed by atoms with Crippen LogP contribution in [0.4, 0.5) is 0 Å². The molecule has 1 heteroatoms. The molecule has 0 saturated heterocycles. The Labute approximate surface area is 148 Å². The standard InChI is InChI=1S/C24H20O/c1-17-21(18-11-5-2-6-12-18)22(19-13-7-3-8-14-19)23(24(17)25)20-15-9-4-10-16-20/h2-17,21H,1H3/t17-,21-/m1/s1. The van der Waals surface area contributed by atoms with Gasteiger partial charge < -0.3 is 0 Å². The van der Waals surface area contributed by atoms with Gasteiger partial charge in [-0.25, -0.2) is 0 Å². The van der Waals surface area contributed by atoms with Crippen molar-refractivity contribution < 1.29 is 4.79 Å². The van der Waals surface area contributed by atoms with Crippen molar-refractivity contribution in [2.75, 3.05) is 0 Å². The second-order valence-corrected chi connectivity index (χ2v) is 6.56. The highest BCUT2D eigenvalue weighted by molar-refractivity contribution is 6.33. The van der Waals surface area contributed by atoms with Gasteiger partial charge in [0, 0.05) is 17.4 Å². The number of allylic oxidation sites excluding steroid dienone is 2. The molecule has 0 aromatic heterocycles. The third-order valence-electron chi connectivity index (χ3n) is 5.05. The highest BCUT2D eigenvalue weighted by Crippen LogP contribution is 2.49. The minimum atomic E-state index is -0.0622. The summed E-state index contributed by atoms with van der Waals surface area (Å²) < 4.78 is 0. The van der Waals surface area contributed by atoms with Gasteiger partial charge in [-0.3, -0.25) is 4.79 Å². The van der Waals surface area contributed by atoms with Crippen molar-refractivity contribution in [2.24, 2.45) is 5.92 Å². The van der Waals surface area contributed by atoms with E-state index in [9.17, 15) is 4.79 Å². The Kier molecular flexibility index (Phi) is 4.07. The molecule has 0 amide bonds. The molecule has 0 spiro atoms. The molecule has 0 N–H and O–H groups in total. The van der Waals surface area contributed by atoms with Crippen LogP contribution in [0.3, 0.4) is 0 Å². The largest absolute Gasteiger partial charge is 0.294 e.